The standard InChI is InChI=1S/C14H18O2/c15-14(7-2-1-3-8-14)12-4-5-13-11(10-12)6-9-16-13/h4-5,10,15H,1-3,6-9H2. The largest absolute Gasteiger partial charge is 0.493 e. The lowest BCUT2D eigenvalue weighted by Crippen LogP contribution is -2.28. The van der Waals surface area contributed by atoms with Gasteiger partial charge in [0, 0.05) is 6.42 Å². The van der Waals surface area contributed by atoms with E-state index in [-0.39, 0.29) is 0 Å². The number of rotatable bonds is 1. The molecule has 0 amide bonds. The number of ether oxygens (including phenoxy) is 1. The molecule has 1 saturated carbocycles. The molecule has 0 unspecified atom stereocenters. The molecule has 0 radical (unpaired) electrons. The molecule has 0 aromatic heterocycles. The molecule has 1 aromatic rings. The Morgan fingerprint density at radius 1 is 1.12 bits per heavy atom. The van der Waals surface area contributed by atoms with E-state index in [9.17, 15) is 5.11 Å². The van der Waals surface area contributed by atoms with Gasteiger partial charge in [-0.05, 0) is 36.1 Å². The Bertz CT molecular complexity index is 392. The Kier molecular flexibility index (Phi) is 2.40. The van der Waals surface area contributed by atoms with Crippen molar-refractivity contribution in [2.24, 2.45) is 0 Å². The van der Waals surface area contributed by atoms with Crippen molar-refractivity contribution in [2.45, 2.75) is 44.1 Å². The monoisotopic (exact) mass is 218 g/mol. The summed E-state index contributed by atoms with van der Waals surface area (Å²) < 4.78 is 5.49. The number of aliphatic hydroxyl groups is 1. The van der Waals surface area contributed by atoms with Gasteiger partial charge in [-0.1, -0.05) is 25.3 Å². The van der Waals surface area contributed by atoms with Gasteiger partial charge in [0.2, 0.25) is 0 Å². The van der Waals surface area contributed by atoms with Crippen LogP contribution < -0.4 is 4.74 Å². The van der Waals surface area contributed by atoms with Crippen LogP contribution in [-0.2, 0) is 12.0 Å². The van der Waals surface area contributed by atoms with Crippen LogP contribution >= 0.6 is 0 Å². The van der Waals surface area contributed by atoms with Crippen LogP contribution in [0, 0.1) is 0 Å². The SMILES string of the molecule is OC1(c2ccc3c(c2)CCO3)CCCCC1. The van der Waals surface area contributed by atoms with E-state index in [0.29, 0.717) is 0 Å². The summed E-state index contributed by atoms with van der Waals surface area (Å²) in [6.45, 7) is 0.789. The second-order valence-electron chi connectivity index (χ2n) is 5.01. The van der Waals surface area contributed by atoms with Crippen molar-refractivity contribution in [3.8, 4) is 5.75 Å². The maximum absolute atomic E-state index is 10.6. The van der Waals surface area contributed by atoms with Crippen molar-refractivity contribution in [2.75, 3.05) is 6.61 Å². The molecule has 2 heteroatoms. The molecule has 1 aliphatic carbocycles. The predicted octanol–water partition coefficient (Wildman–Crippen LogP) is 2.77. The van der Waals surface area contributed by atoms with E-state index in [1.807, 2.05) is 12.1 Å². The third kappa shape index (κ3) is 1.61. The average Bonchev–Trinajstić information content (AvgIpc) is 2.77. The summed E-state index contributed by atoms with van der Waals surface area (Å²) in [6, 6.07) is 6.20. The van der Waals surface area contributed by atoms with Crippen LogP contribution in [0.15, 0.2) is 18.2 Å². The van der Waals surface area contributed by atoms with Gasteiger partial charge in [-0.3, -0.25) is 0 Å². The maximum atomic E-state index is 10.6. The average molecular weight is 218 g/mol. The van der Waals surface area contributed by atoms with Crippen LogP contribution in [0.1, 0.15) is 43.2 Å². The molecule has 0 atom stereocenters. The molecule has 0 saturated heterocycles. The fourth-order valence-corrected chi connectivity index (χ4v) is 2.90. The van der Waals surface area contributed by atoms with Crippen molar-refractivity contribution in [1.29, 1.82) is 0 Å². The first-order chi connectivity index (χ1) is 7.78. The Balaban J connectivity index is 1.93. The molecule has 3 rings (SSSR count). The van der Waals surface area contributed by atoms with Gasteiger partial charge in [-0.15, -0.1) is 0 Å². The van der Waals surface area contributed by atoms with Crippen LogP contribution in [0.3, 0.4) is 0 Å². The Morgan fingerprint density at radius 3 is 2.75 bits per heavy atom. The van der Waals surface area contributed by atoms with E-state index >= 15 is 0 Å². The zero-order valence-electron chi connectivity index (χ0n) is 9.54. The highest BCUT2D eigenvalue weighted by Crippen LogP contribution is 2.39. The third-order valence-electron chi connectivity index (χ3n) is 3.91. The van der Waals surface area contributed by atoms with Crippen molar-refractivity contribution < 1.29 is 9.84 Å². The van der Waals surface area contributed by atoms with Gasteiger partial charge >= 0.3 is 0 Å². The van der Waals surface area contributed by atoms with Gasteiger partial charge in [0.25, 0.3) is 0 Å². The van der Waals surface area contributed by atoms with Gasteiger partial charge in [-0.2, -0.15) is 0 Å². The molecule has 2 aliphatic rings. The summed E-state index contributed by atoms with van der Waals surface area (Å²) in [7, 11) is 0. The lowest BCUT2D eigenvalue weighted by atomic mass is 9.79. The Morgan fingerprint density at radius 2 is 1.94 bits per heavy atom. The lowest BCUT2D eigenvalue weighted by Gasteiger charge is -2.32. The summed E-state index contributed by atoms with van der Waals surface area (Å²) in [5, 5.41) is 10.6. The van der Waals surface area contributed by atoms with Crippen molar-refractivity contribution in [3.63, 3.8) is 0 Å². The highest BCUT2D eigenvalue weighted by Gasteiger charge is 2.31. The smallest absolute Gasteiger partial charge is 0.122 e. The van der Waals surface area contributed by atoms with Crippen LogP contribution in [-0.4, -0.2) is 11.7 Å². The van der Waals surface area contributed by atoms with Gasteiger partial charge < -0.3 is 9.84 Å². The third-order valence-corrected chi connectivity index (χ3v) is 3.91. The first-order valence-corrected chi connectivity index (χ1v) is 6.27. The molecule has 1 N–H and O–H groups in total. The van der Waals surface area contributed by atoms with Gasteiger partial charge in [0.05, 0.1) is 12.2 Å². The van der Waals surface area contributed by atoms with E-state index in [4.69, 9.17) is 4.74 Å². The van der Waals surface area contributed by atoms with Crippen LogP contribution in [0.5, 0.6) is 5.75 Å². The second kappa shape index (κ2) is 3.77. The normalized spacial score (nSPS) is 22.6. The van der Waals surface area contributed by atoms with Gasteiger partial charge in [-0.25, -0.2) is 0 Å². The molecule has 0 spiro atoms. The molecule has 1 aliphatic heterocycles. The second-order valence-corrected chi connectivity index (χ2v) is 5.01. The topological polar surface area (TPSA) is 29.5 Å². The number of hydrogen-bond acceptors (Lipinski definition) is 2. The van der Waals surface area contributed by atoms with Crippen molar-refractivity contribution in [3.05, 3.63) is 29.3 Å². The minimum absolute atomic E-state index is 0.574. The van der Waals surface area contributed by atoms with E-state index in [2.05, 4.69) is 6.07 Å². The molecule has 1 aromatic carbocycles. The zero-order valence-corrected chi connectivity index (χ0v) is 9.54. The number of hydrogen-bond donors (Lipinski definition) is 1. The van der Waals surface area contributed by atoms with Crippen molar-refractivity contribution in [1.82, 2.24) is 0 Å². The van der Waals surface area contributed by atoms with Crippen LogP contribution in [0.2, 0.25) is 0 Å². The van der Waals surface area contributed by atoms with Gasteiger partial charge in [0.1, 0.15) is 5.75 Å². The van der Waals surface area contributed by atoms with E-state index < -0.39 is 5.60 Å². The molecule has 0 bridgehead atoms. The molecule has 1 heterocycles. The first kappa shape index (κ1) is 10.2. The number of benzene rings is 1. The highest BCUT2D eigenvalue weighted by molar-refractivity contribution is 5.41. The van der Waals surface area contributed by atoms with E-state index in [1.165, 1.54) is 12.0 Å². The Hall–Kier alpha value is -1.02. The fraction of sp³-hybridized carbons (Fsp3) is 0.571. The molecule has 2 nitrogen and oxygen atoms in total. The molecule has 16 heavy (non-hydrogen) atoms. The molecule has 86 valence electrons. The van der Waals surface area contributed by atoms with Gasteiger partial charge in [0.15, 0.2) is 0 Å². The Labute approximate surface area is 96.2 Å². The molecular weight excluding hydrogens is 200 g/mol. The molecular formula is C14H18O2. The van der Waals surface area contributed by atoms with Crippen LogP contribution in [0.4, 0.5) is 0 Å². The quantitative estimate of drug-likeness (QED) is 0.785. The minimum atomic E-state index is -0.574. The van der Waals surface area contributed by atoms with E-state index in [0.717, 1.165) is 50.0 Å². The fourth-order valence-electron chi connectivity index (χ4n) is 2.90. The van der Waals surface area contributed by atoms with Crippen molar-refractivity contribution >= 4 is 0 Å². The number of fused-ring (bicyclic) bond motifs is 1. The summed E-state index contributed by atoms with van der Waals surface area (Å²) in [5.74, 6) is 1.00. The molecule has 1 fully saturated rings. The predicted molar refractivity (Wildman–Crippen MR) is 62.6 cm³/mol. The first-order valence-electron chi connectivity index (χ1n) is 6.27. The highest BCUT2D eigenvalue weighted by atomic mass is 16.5. The summed E-state index contributed by atoms with van der Waals surface area (Å²) >= 11 is 0. The van der Waals surface area contributed by atoms with Crippen LogP contribution in [0.25, 0.3) is 0 Å². The summed E-state index contributed by atoms with van der Waals surface area (Å²) in [4.78, 5) is 0. The maximum Gasteiger partial charge on any atom is 0.122 e. The minimum Gasteiger partial charge on any atom is -0.493 e. The van der Waals surface area contributed by atoms with E-state index in [1.54, 1.807) is 0 Å². The zero-order chi connectivity index (χ0) is 11.0. The summed E-state index contributed by atoms with van der Waals surface area (Å²) in [6.07, 6.45) is 6.35. The lowest BCUT2D eigenvalue weighted by molar-refractivity contribution is -0.000681. The summed E-state index contributed by atoms with van der Waals surface area (Å²) in [5.41, 5.74) is 1.78.